The number of esters is 1. The number of hydrogen-bond donors (Lipinski definition) is 0. The Morgan fingerprint density at radius 1 is 1.33 bits per heavy atom. The number of likely N-dealkylation sites (N-methyl/N-ethyl adjacent to an activating group) is 1. The lowest BCUT2D eigenvalue weighted by Crippen LogP contribution is -2.27. The molecule has 3 nitrogen and oxygen atoms in total. The summed E-state index contributed by atoms with van der Waals surface area (Å²) in [6.07, 6.45) is 8.34. The van der Waals surface area contributed by atoms with Crippen LogP contribution in [0, 0.1) is 11.8 Å². The molecule has 0 radical (unpaired) electrons. The van der Waals surface area contributed by atoms with Crippen molar-refractivity contribution >= 4 is 5.97 Å². The topological polar surface area (TPSA) is 29.5 Å². The van der Waals surface area contributed by atoms with Crippen LogP contribution < -0.4 is 0 Å². The Labute approximate surface area is 112 Å². The van der Waals surface area contributed by atoms with Crippen LogP contribution in [-0.4, -0.2) is 38.1 Å². The number of carbonyl (C=O) groups is 1. The van der Waals surface area contributed by atoms with Crippen molar-refractivity contribution in [2.75, 3.05) is 27.2 Å². The third-order valence-corrected chi connectivity index (χ3v) is 3.92. The molecule has 0 saturated heterocycles. The molecule has 0 N–H and O–H groups in total. The zero-order valence-electron chi connectivity index (χ0n) is 12.3. The van der Waals surface area contributed by atoms with Crippen LogP contribution in [-0.2, 0) is 9.53 Å². The highest BCUT2D eigenvalue weighted by molar-refractivity contribution is 5.72. The number of carbonyl (C=O) groups excluding carboxylic acids is 1. The first kappa shape index (κ1) is 15.5. The van der Waals surface area contributed by atoms with Gasteiger partial charge in [0.2, 0.25) is 0 Å². The van der Waals surface area contributed by atoms with Crippen molar-refractivity contribution in [3.05, 3.63) is 0 Å². The first-order valence-corrected chi connectivity index (χ1v) is 7.46. The summed E-state index contributed by atoms with van der Waals surface area (Å²) in [6.45, 7) is 3.53. The number of rotatable bonds is 8. The van der Waals surface area contributed by atoms with Crippen molar-refractivity contribution in [1.29, 1.82) is 0 Å². The van der Waals surface area contributed by atoms with Gasteiger partial charge in [0.05, 0.1) is 5.92 Å². The number of unbranched alkanes of at least 4 members (excludes halogenated alkanes) is 1. The highest BCUT2D eigenvalue weighted by Crippen LogP contribution is 2.34. The van der Waals surface area contributed by atoms with Gasteiger partial charge in [-0.05, 0) is 39.3 Å². The third-order valence-electron chi connectivity index (χ3n) is 3.92. The van der Waals surface area contributed by atoms with Crippen LogP contribution in [0.5, 0.6) is 0 Å². The Morgan fingerprint density at radius 2 is 2.00 bits per heavy atom. The molecule has 18 heavy (non-hydrogen) atoms. The molecular formula is C15H29NO2. The van der Waals surface area contributed by atoms with Gasteiger partial charge < -0.3 is 9.64 Å². The minimum absolute atomic E-state index is 0.0530. The van der Waals surface area contributed by atoms with Gasteiger partial charge in [-0.1, -0.05) is 32.6 Å². The molecule has 0 bridgehead atoms. The van der Waals surface area contributed by atoms with Crippen molar-refractivity contribution < 1.29 is 9.53 Å². The van der Waals surface area contributed by atoms with Crippen LogP contribution in [0.1, 0.15) is 51.9 Å². The van der Waals surface area contributed by atoms with E-state index in [0.717, 1.165) is 25.8 Å². The van der Waals surface area contributed by atoms with E-state index in [1.165, 1.54) is 25.7 Å². The first-order chi connectivity index (χ1) is 8.65. The second-order valence-corrected chi connectivity index (χ2v) is 5.76. The van der Waals surface area contributed by atoms with Gasteiger partial charge in [-0.25, -0.2) is 0 Å². The molecule has 0 aromatic carbocycles. The maximum atomic E-state index is 12.2. The molecule has 3 heteroatoms. The normalized spacial score (nSPS) is 18.2. The number of hydrogen-bond acceptors (Lipinski definition) is 3. The van der Waals surface area contributed by atoms with Gasteiger partial charge in [0.1, 0.15) is 6.61 Å². The van der Waals surface area contributed by atoms with Gasteiger partial charge in [0, 0.05) is 6.54 Å². The number of nitrogens with zero attached hydrogens (tertiary/aromatic N) is 1. The summed E-state index contributed by atoms with van der Waals surface area (Å²) in [5, 5.41) is 0. The smallest absolute Gasteiger partial charge is 0.309 e. The molecule has 1 rings (SSSR count). The average molecular weight is 255 g/mol. The summed E-state index contributed by atoms with van der Waals surface area (Å²) in [6, 6.07) is 0. The molecule has 1 fully saturated rings. The van der Waals surface area contributed by atoms with Crippen LogP contribution in [0.3, 0.4) is 0 Å². The van der Waals surface area contributed by atoms with Gasteiger partial charge in [-0.2, -0.15) is 0 Å². The fourth-order valence-electron chi connectivity index (χ4n) is 2.77. The molecule has 0 heterocycles. The maximum absolute atomic E-state index is 12.2. The van der Waals surface area contributed by atoms with E-state index in [1.807, 2.05) is 19.0 Å². The Morgan fingerprint density at radius 3 is 2.56 bits per heavy atom. The summed E-state index contributed by atoms with van der Waals surface area (Å²) in [4.78, 5) is 14.2. The molecule has 1 aliphatic carbocycles. The Kier molecular flexibility index (Phi) is 7.33. The van der Waals surface area contributed by atoms with Crippen molar-refractivity contribution in [3.63, 3.8) is 0 Å². The Bertz CT molecular complexity index is 235. The lowest BCUT2D eigenvalue weighted by atomic mass is 9.87. The van der Waals surface area contributed by atoms with E-state index in [2.05, 4.69) is 6.92 Å². The maximum Gasteiger partial charge on any atom is 0.309 e. The van der Waals surface area contributed by atoms with Gasteiger partial charge in [-0.3, -0.25) is 4.79 Å². The largest absolute Gasteiger partial charge is 0.464 e. The van der Waals surface area contributed by atoms with E-state index < -0.39 is 0 Å². The van der Waals surface area contributed by atoms with Crippen molar-refractivity contribution in [3.8, 4) is 0 Å². The highest BCUT2D eigenvalue weighted by Gasteiger charge is 2.31. The average Bonchev–Trinajstić information content (AvgIpc) is 2.82. The van der Waals surface area contributed by atoms with E-state index in [4.69, 9.17) is 4.74 Å². The fraction of sp³-hybridized carbons (Fsp3) is 0.933. The summed E-state index contributed by atoms with van der Waals surface area (Å²) in [5.41, 5.74) is 0. The molecule has 1 saturated carbocycles. The standard InChI is InChI=1S/C15H29NO2/c1-4-5-10-14(13-8-6-7-9-13)15(17)18-12-11-16(2)3/h13-14H,4-12H2,1-3H3. The summed E-state index contributed by atoms with van der Waals surface area (Å²) in [7, 11) is 4.00. The zero-order valence-corrected chi connectivity index (χ0v) is 12.3. The molecule has 0 aromatic rings. The zero-order chi connectivity index (χ0) is 13.4. The number of ether oxygens (including phenoxy) is 1. The van der Waals surface area contributed by atoms with Gasteiger partial charge in [0.25, 0.3) is 0 Å². The molecule has 1 atom stereocenters. The second-order valence-electron chi connectivity index (χ2n) is 5.76. The quantitative estimate of drug-likeness (QED) is 0.624. The van der Waals surface area contributed by atoms with Gasteiger partial charge in [0.15, 0.2) is 0 Å². The molecule has 106 valence electrons. The van der Waals surface area contributed by atoms with E-state index in [9.17, 15) is 4.79 Å². The lowest BCUT2D eigenvalue weighted by Gasteiger charge is -2.22. The molecule has 0 aliphatic heterocycles. The van der Waals surface area contributed by atoms with E-state index >= 15 is 0 Å². The molecule has 1 unspecified atom stereocenters. The first-order valence-electron chi connectivity index (χ1n) is 7.46. The van der Waals surface area contributed by atoms with Crippen molar-refractivity contribution in [2.24, 2.45) is 11.8 Å². The predicted molar refractivity (Wildman–Crippen MR) is 74.5 cm³/mol. The summed E-state index contributed by atoms with van der Waals surface area (Å²) >= 11 is 0. The van der Waals surface area contributed by atoms with Crippen LogP contribution in [0.25, 0.3) is 0 Å². The SMILES string of the molecule is CCCCC(C(=O)OCCN(C)C)C1CCCC1. The Balaban J connectivity index is 2.39. The van der Waals surface area contributed by atoms with Gasteiger partial charge >= 0.3 is 5.97 Å². The van der Waals surface area contributed by atoms with Crippen molar-refractivity contribution in [2.45, 2.75) is 51.9 Å². The van der Waals surface area contributed by atoms with Crippen molar-refractivity contribution in [1.82, 2.24) is 4.90 Å². The minimum atomic E-state index is 0.0530. The van der Waals surface area contributed by atoms with E-state index in [1.54, 1.807) is 0 Å². The third kappa shape index (κ3) is 5.38. The second kappa shape index (κ2) is 8.52. The molecule has 1 aliphatic rings. The summed E-state index contributed by atoms with van der Waals surface area (Å²) < 4.78 is 5.44. The highest BCUT2D eigenvalue weighted by atomic mass is 16.5. The molecule has 0 aromatic heterocycles. The van der Waals surface area contributed by atoms with Crippen LogP contribution >= 0.6 is 0 Å². The molecular weight excluding hydrogens is 226 g/mol. The molecule has 0 spiro atoms. The fourth-order valence-corrected chi connectivity index (χ4v) is 2.77. The molecule has 0 amide bonds. The Hall–Kier alpha value is -0.570. The van der Waals surface area contributed by atoms with E-state index in [0.29, 0.717) is 12.5 Å². The van der Waals surface area contributed by atoms with E-state index in [-0.39, 0.29) is 11.9 Å². The minimum Gasteiger partial charge on any atom is -0.464 e. The predicted octanol–water partition coefficient (Wildman–Crippen LogP) is 3.09. The summed E-state index contributed by atoms with van der Waals surface area (Å²) in [5.74, 6) is 0.801. The lowest BCUT2D eigenvalue weighted by molar-refractivity contribution is -0.151. The van der Waals surface area contributed by atoms with Gasteiger partial charge in [-0.15, -0.1) is 0 Å². The van der Waals surface area contributed by atoms with Crippen LogP contribution in [0.15, 0.2) is 0 Å². The monoisotopic (exact) mass is 255 g/mol. The van der Waals surface area contributed by atoms with Crippen LogP contribution in [0.4, 0.5) is 0 Å². The van der Waals surface area contributed by atoms with Crippen LogP contribution in [0.2, 0.25) is 0 Å².